The molecule has 0 fully saturated rings. The molecule has 0 atom stereocenters. The lowest BCUT2D eigenvalue weighted by Crippen LogP contribution is -2.07. The summed E-state index contributed by atoms with van der Waals surface area (Å²) in [5.41, 5.74) is 2.06. The lowest BCUT2D eigenvalue weighted by Gasteiger charge is -2.12. The van der Waals surface area contributed by atoms with Gasteiger partial charge in [0.25, 0.3) is 0 Å². The van der Waals surface area contributed by atoms with Crippen molar-refractivity contribution in [2.24, 2.45) is 0 Å². The van der Waals surface area contributed by atoms with Crippen molar-refractivity contribution in [1.82, 2.24) is 9.97 Å². The Bertz CT molecular complexity index is 856. The van der Waals surface area contributed by atoms with Gasteiger partial charge in [-0.2, -0.15) is 0 Å². The van der Waals surface area contributed by atoms with Crippen LogP contribution in [0.3, 0.4) is 0 Å². The van der Waals surface area contributed by atoms with Gasteiger partial charge in [0.1, 0.15) is 23.7 Å². The topological polar surface area (TPSA) is 59.1 Å². The molecule has 0 spiro atoms. The number of nitrogens with zero attached hydrogens (tertiary/aromatic N) is 2. The molecule has 1 aromatic heterocycles. The highest BCUT2D eigenvalue weighted by Gasteiger charge is 2.05. The van der Waals surface area contributed by atoms with E-state index in [4.69, 9.17) is 16.3 Å². The molecular formula is C20H21ClN4O. The lowest BCUT2D eigenvalue weighted by atomic mass is 10.1. The van der Waals surface area contributed by atoms with Gasteiger partial charge < -0.3 is 15.4 Å². The molecule has 1 heterocycles. The summed E-state index contributed by atoms with van der Waals surface area (Å²) in [5.74, 6) is 2.26. The zero-order valence-corrected chi connectivity index (χ0v) is 15.3. The average Bonchev–Trinajstić information content (AvgIpc) is 2.64. The largest absolute Gasteiger partial charge is 0.492 e. The molecule has 0 bridgehead atoms. The van der Waals surface area contributed by atoms with Crippen LogP contribution in [-0.2, 0) is 6.42 Å². The van der Waals surface area contributed by atoms with Crippen molar-refractivity contribution < 1.29 is 4.74 Å². The zero-order valence-electron chi connectivity index (χ0n) is 14.6. The smallest absolute Gasteiger partial charge is 0.142 e. The predicted octanol–water partition coefficient (Wildman–Crippen LogP) is 4.93. The van der Waals surface area contributed by atoms with Crippen molar-refractivity contribution >= 4 is 28.9 Å². The third-order valence-corrected chi connectivity index (χ3v) is 3.96. The van der Waals surface area contributed by atoms with Crippen molar-refractivity contribution in [1.29, 1.82) is 0 Å². The van der Waals surface area contributed by atoms with E-state index in [1.807, 2.05) is 55.5 Å². The Morgan fingerprint density at radius 1 is 1.00 bits per heavy atom. The van der Waals surface area contributed by atoms with E-state index in [2.05, 4.69) is 26.7 Å². The Kier molecular flexibility index (Phi) is 6.28. The molecule has 0 saturated heterocycles. The summed E-state index contributed by atoms with van der Waals surface area (Å²) in [6.07, 6.45) is 2.40. The standard InChI is InChI=1S/C20H21ClN4O/c1-2-26-18-9-4-3-8-17(18)25-20-13-19(23-14-24-20)22-11-10-15-6-5-7-16(21)12-15/h3-9,12-14H,2,10-11H2,1H3,(H2,22,23,24,25). The Morgan fingerprint density at radius 3 is 2.69 bits per heavy atom. The minimum absolute atomic E-state index is 0.610. The third kappa shape index (κ3) is 5.10. The molecule has 6 heteroatoms. The van der Waals surface area contributed by atoms with E-state index < -0.39 is 0 Å². The second-order valence-electron chi connectivity index (χ2n) is 5.65. The van der Waals surface area contributed by atoms with Gasteiger partial charge in [-0.15, -0.1) is 0 Å². The summed E-state index contributed by atoms with van der Waals surface area (Å²) in [5, 5.41) is 7.35. The number of nitrogens with one attached hydrogen (secondary N) is 2. The number of ether oxygens (including phenoxy) is 1. The average molecular weight is 369 g/mol. The fourth-order valence-corrected chi connectivity index (χ4v) is 2.75. The number of anilines is 3. The highest BCUT2D eigenvalue weighted by Crippen LogP contribution is 2.27. The summed E-state index contributed by atoms with van der Waals surface area (Å²) >= 11 is 6.01. The molecule has 3 rings (SSSR count). The molecule has 3 aromatic rings. The van der Waals surface area contributed by atoms with Crippen molar-refractivity contribution in [3.05, 3.63) is 71.5 Å². The first-order valence-corrected chi connectivity index (χ1v) is 8.91. The summed E-state index contributed by atoms with van der Waals surface area (Å²) in [6.45, 7) is 3.33. The van der Waals surface area contributed by atoms with Crippen LogP contribution in [0.2, 0.25) is 5.02 Å². The summed E-state index contributed by atoms with van der Waals surface area (Å²) in [4.78, 5) is 8.55. The van der Waals surface area contributed by atoms with Crippen LogP contribution in [0.15, 0.2) is 60.9 Å². The number of para-hydroxylation sites is 2. The maximum atomic E-state index is 6.01. The molecule has 0 aliphatic carbocycles. The summed E-state index contributed by atoms with van der Waals surface area (Å²) in [6, 6.07) is 17.5. The molecule has 26 heavy (non-hydrogen) atoms. The van der Waals surface area contributed by atoms with Gasteiger partial charge in [-0.25, -0.2) is 9.97 Å². The fourth-order valence-electron chi connectivity index (χ4n) is 2.54. The molecule has 0 saturated carbocycles. The van der Waals surface area contributed by atoms with Crippen LogP contribution in [0.4, 0.5) is 17.3 Å². The van der Waals surface area contributed by atoms with E-state index in [1.54, 1.807) is 0 Å². The Labute approximate surface area is 158 Å². The Balaban J connectivity index is 1.61. The molecule has 5 nitrogen and oxygen atoms in total. The van der Waals surface area contributed by atoms with Crippen LogP contribution < -0.4 is 15.4 Å². The molecule has 0 amide bonds. The van der Waals surface area contributed by atoms with E-state index in [-0.39, 0.29) is 0 Å². The van der Waals surface area contributed by atoms with E-state index >= 15 is 0 Å². The van der Waals surface area contributed by atoms with Gasteiger partial charge in [0, 0.05) is 17.6 Å². The molecule has 134 valence electrons. The van der Waals surface area contributed by atoms with E-state index in [0.717, 1.165) is 35.2 Å². The van der Waals surface area contributed by atoms with E-state index in [0.29, 0.717) is 12.4 Å². The van der Waals surface area contributed by atoms with Gasteiger partial charge in [0.05, 0.1) is 12.3 Å². The second kappa shape index (κ2) is 9.06. The highest BCUT2D eigenvalue weighted by atomic mass is 35.5. The quantitative estimate of drug-likeness (QED) is 0.590. The number of hydrogen-bond acceptors (Lipinski definition) is 5. The lowest BCUT2D eigenvalue weighted by molar-refractivity contribution is 0.342. The molecule has 0 unspecified atom stereocenters. The van der Waals surface area contributed by atoms with Crippen LogP contribution in [0.25, 0.3) is 0 Å². The maximum absolute atomic E-state index is 6.01. The molecular weight excluding hydrogens is 348 g/mol. The third-order valence-electron chi connectivity index (χ3n) is 3.73. The predicted molar refractivity (Wildman–Crippen MR) is 107 cm³/mol. The van der Waals surface area contributed by atoms with Gasteiger partial charge in [-0.1, -0.05) is 35.9 Å². The number of rotatable bonds is 8. The van der Waals surface area contributed by atoms with Gasteiger partial charge in [-0.05, 0) is 43.2 Å². The molecule has 0 aliphatic heterocycles. The summed E-state index contributed by atoms with van der Waals surface area (Å²) in [7, 11) is 0. The molecule has 0 aliphatic rings. The number of hydrogen-bond donors (Lipinski definition) is 2. The van der Waals surface area contributed by atoms with Gasteiger partial charge in [-0.3, -0.25) is 0 Å². The van der Waals surface area contributed by atoms with Crippen LogP contribution in [-0.4, -0.2) is 23.1 Å². The Morgan fingerprint density at radius 2 is 1.85 bits per heavy atom. The first-order valence-electron chi connectivity index (χ1n) is 8.54. The zero-order chi connectivity index (χ0) is 18.2. The normalized spacial score (nSPS) is 10.4. The van der Waals surface area contributed by atoms with Crippen LogP contribution in [0, 0.1) is 0 Å². The fraction of sp³-hybridized carbons (Fsp3) is 0.200. The molecule has 2 aromatic carbocycles. The first-order chi connectivity index (χ1) is 12.7. The second-order valence-corrected chi connectivity index (χ2v) is 6.09. The van der Waals surface area contributed by atoms with Crippen molar-refractivity contribution in [3.63, 3.8) is 0 Å². The van der Waals surface area contributed by atoms with E-state index in [9.17, 15) is 0 Å². The van der Waals surface area contributed by atoms with Crippen LogP contribution >= 0.6 is 11.6 Å². The highest BCUT2D eigenvalue weighted by molar-refractivity contribution is 6.30. The molecule has 2 N–H and O–H groups in total. The van der Waals surface area contributed by atoms with Gasteiger partial charge in [0.15, 0.2) is 0 Å². The Hall–Kier alpha value is -2.79. The number of aromatic nitrogens is 2. The maximum Gasteiger partial charge on any atom is 0.142 e. The minimum Gasteiger partial charge on any atom is -0.492 e. The van der Waals surface area contributed by atoms with E-state index in [1.165, 1.54) is 11.9 Å². The van der Waals surface area contributed by atoms with Gasteiger partial charge in [0.2, 0.25) is 0 Å². The van der Waals surface area contributed by atoms with Crippen LogP contribution in [0.5, 0.6) is 5.75 Å². The van der Waals surface area contributed by atoms with Gasteiger partial charge >= 0.3 is 0 Å². The number of halogens is 1. The minimum atomic E-state index is 0.610. The van der Waals surface area contributed by atoms with Crippen molar-refractivity contribution in [2.45, 2.75) is 13.3 Å². The monoisotopic (exact) mass is 368 g/mol. The van der Waals surface area contributed by atoms with Crippen LogP contribution in [0.1, 0.15) is 12.5 Å². The summed E-state index contributed by atoms with van der Waals surface area (Å²) < 4.78 is 5.63. The number of benzene rings is 2. The van der Waals surface area contributed by atoms with Crippen molar-refractivity contribution in [3.8, 4) is 5.75 Å². The SMILES string of the molecule is CCOc1ccccc1Nc1cc(NCCc2cccc(Cl)c2)ncn1. The molecule has 0 radical (unpaired) electrons. The van der Waals surface area contributed by atoms with Crippen molar-refractivity contribution in [2.75, 3.05) is 23.8 Å². The first kappa shape index (κ1) is 18.0.